The average Bonchev–Trinajstić information content (AvgIpc) is 2.35. The SMILES string of the molecule is CCCCCCCCC(CCCCCC)C(=O)S. The highest BCUT2D eigenvalue weighted by atomic mass is 32.1. The highest BCUT2D eigenvalue weighted by molar-refractivity contribution is 7.96. The molecule has 0 aliphatic heterocycles. The maximum atomic E-state index is 11.4. The van der Waals surface area contributed by atoms with E-state index in [0.717, 1.165) is 12.8 Å². The summed E-state index contributed by atoms with van der Waals surface area (Å²) in [6.45, 7) is 4.46. The van der Waals surface area contributed by atoms with Crippen LogP contribution >= 0.6 is 12.6 Å². The standard InChI is InChI=1S/C16H32OS/c1-3-5-7-9-10-12-14-15(16(17)18)13-11-8-6-4-2/h15H,3-14H2,1-2H3,(H,17,18). The van der Waals surface area contributed by atoms with Crippen LogP contribution in [0.4, 0.5) is 0 Å². The lowest BCUT2D eigenvalue weighted by atomic mass is 9.95. The predicted molar refractivity (Wildman–Crippen MR) is 84.2 cm³/mol. The Morgan fingerprint density at radius 3 is 1.61 bits per heavy atom. The monoisotopic (exact) mass is 272 g/mol. The Kier molecular flexibility index (Phi) is 13.5. The second-order valence-electron chi connectivity index (χ2n) is 5.44. The molecule has 0 N–H and O–H groups in total. The molecule has 0 spiro atoms. The third kappa shape index (κ3) is 11.1. The molecule has 0 aromatic heterocycles. The lowest BCUT2D eigenvalue weighted by Crippen LogP contribution is -2.09. The van der Waals surface area contributed by atoms with Gasteiger partial charge in [0.05, 0.1) is 0 Å². The molecule has 0 saturated heterocycles. The molecule has 0 amide bonds. The molecule has 108 valence electrons. The third-order valence-corrected chi connectivity index (χ3v) is 4.03. The maximum absolute atomic E-state index is 11.4. The van der Waals surface area contributed by atoms with E-state index >= 15 is 0 Å². The second kappa shape index (κ2) is 13.5. The van der Waals surface area contributed by atoms with Crippen LogP contribution in [0.1, 0.15) is 90.9 Å². The Hall–Kier alpha value is 0.0200. The van der Waals surface area contributed by atoms with Gasteiger partial charge in [-0.2, -0.15) is 0 Å². The van der Waals surface area contributed by atoms with Crippen molar-refractivity contribution in [1.82, 2.24) is 0 Å². The van der Waals surface area contributed by atoms with Gasteiger partial charge < -0.3 is 0 Å². The summed E-state index contributed by atoms with van der Waals surface area (Å²) in [6.07, 6.45) is 15.0. The lowest BCUT2D eigenvalue weighted by molar-refractivity contribution is -0.114. The minimum absolute atomic E-state index is 0.111. The number of carbonyl (C=O) groups is 1. The van der Waals surface area contributed by atoms with Crippen LogP contribution in [0.15, 0.2) is 0 Å². The van der Waals surface area contributed by atoms with E-state index in [-0.39, 0.29) is 11.0 Å². The zero-order chi connectivity index (χ0) is 13.6. The number of hydrogen-bond donors (Lipinski definition) is 1. The second-order valence-corrected chi connectivity index (χ2v) is 5.88. The first-order valence-electron chi connectivity index (χ1n) is 7.95. The van der Waals surface area contributed by atoms with E-state index in [9.17, 15) is 4.79 Å². The topological polar surface area (TPSA) is 17.1 Å². The number of thiol groups is 1. The van der Waals surface area contributed by atoms with Gasteiger partial charge in [-0.3, -0.25) is 4.79 Å². The molecule has 1 atom stereocenters. The van der Waals surface area contributed by atoms with Gasteiger partial charge in [0.25, 0.3) is 0 Å². The van der Waals surface area contributed by atoms with Crippen LogP contribution in [0, 0.1) is 5.92 Å². The first kappa shape index (κ1) is 18.0. The van der Waals surface area contributed by atoms with Crippen molar-refractivity contribution in [2.45, 2.75) is 90.9 Å². The molecular formula is C16H32OS. The summed E-state index contributed by atoms with van der Waals surface area (Å²) >= 11 is 4.04. The van der Waals surface area contributed by atoms with Crippen molar-refractivity contribution in [3.05, 3.63) is 0 Å². The van der Waals surface area contributed by atoms with E-state index in [1.54, 1.807) is 0 Å². The van der Waals surface area contributed by atoms with E-state index in [4.69, 9.17) is 0 Å². The minimum atomic E-state index is 0.111. The molecule has 0 radical (unpaired) electrons. The van der Waals surface area contributed by atoms with Crippen LogP contribution in [-0.2, 0) is 4.79 Å². The molecule has 0 saturated carbocycles. The van der Waals surface area contributed by atoms with Gasteiger partial charge in [0.1, 0.15) is 0 Å². The molecule has 0 aromatic carbocycles. The maximum Gasteiger partial charge on any atom is 0.188 e. The van der Waals surface area contributed by atoms with Gasteiger partial charge in [-0.25, -0.2) is 0 Å². The van der Waals surface area contributed by atoms with Gasteiger partial charge in [0, 0.05) is 5.92 Å². The van der Waals surface area contributed by atoms with Crippen molar-refractivity contribution in [2.24, 2.45) is 5.92 Å². The van der Waals surface area contributed by atoms with Crippen LogP contribution in [0.2, 0.25) is 0 Å². The van der Waals surface area contributed by atoms with Gasteiger partial charge in [-0.1, -0.05) is 78.1 Å². The molecule has 1 nitrogen and oxygen atoms in total. The zero-order valence-corrected chi connectivity index (χ0v) is 13.3. The summed E-state index contributed by atoms with van der Waals surface area (Å²) in [7, 11) is 0. The molecular weight excluding hydrogens is 240 g/mol. The van der Waals surface area contributed by atoms with Gasteiger partial charge >= 0.3 is 0 Å². The molecule has 0 rings (SSSR count). The Balaban J connectivity index is 3.54. The Morgan fingerprint density at radius 2 is 1.17 bits per heavy atom. The van der Waals surface area contributed by atoms with E-state index in [1.165, 1.54) is 64.2 Å². The normalized spacial score (nSPS) is 12.6. The van der Waals surface area contributed by atoms with Crippen molar-refractivity contribution in [2.75, 3.05) is 0 Å². The first-order valence-corrected chi connectivity index (χ1v) is 8.39. The van der Waals surface area contributed by atoms with Crippen LogP contribution in [-0.4, -0.2) is 5.12 Å². The fourth-order valence-corrected chi connectivity index (χ4v) is 2.64. The largest absolute Gasteiger partial charge is 0.287 e. The molecule has 0 fully saturated rings. The Labute approximate surface area is 120 Å². The molecule has 1 unspecified atom stereocenters. The van der Waals surface area contributed by atoms with Gasteiger partial charge in [-0.15, -0.1) is 12.6 Å². The third-order valence-electron chi connectivity index (χ3n) is 3.66. The number of hydrogen-bond acceptors (Lipinski definition) is 1. The molecule has 0 heterocycles. The number of unbranched alkanes of at least 4 members (excludes halogenated alkanes) is 8. The van der Waals surface area contributed by atoms with Gasteiger partial charge in [-0.05, 0) is 12.8 Å². The number of carbonyl (C=O) groups excluding carboxylic acids is 1. The lowest BCUT2D eigenvalue weighted by Gasteiger charge is -2.12. The molecule has 0 bridgehead atoms. The number of rotatable bonds is 13. The molecule has 0 aliphatic rings. The van der Waals surface area contributed by atoms with E-state index in [2.05, 4.69) is 26.5 Å². The van der Waals surface area contributed by atoms with Crippen molar-refractivity contribution in [3.8, 4) is 0 Å². The summed E-state index contributed by atoms with van der Waals surface area (Å²) < 4.78 is 0. The summed E-state index contributed by atoms with van der Waals surface area (Å²) in [5, 5.41) is 0.111. The highest BCUT2D eigenvalue weighted by Crippen LogP contribution is 2.20. The van der Waals surface area contributed by atoms with Crippen LogP contribution in [0.5, 0.6) is 0 Å². The molecule has 0 aromatic rings. The highest BCUT2D eigenvalue weighted by Gasteiger charge is 2.13. The Bertz CT molecular complexity index is 192. The van der Waals surface area contributed by atoms with E-state index in [0.29, 0.717) is 0 Å². The Morgan fingerprint density at radius 1 is 0.778 bits per heavy atom. The summed E-state index contributed by atoms with van der Waals surface area (Å²) in [5.74, 6) is 0.219. The average molecular weight is 272 g/mol. The van der Waals surface area contributed by atoms with Crippen molar-refractivity contribution >= 4 is 17.7 Å². The van der Waals surface area contributed by atoms with Crippen molar-refractivity contribution in [1.29, 1.82) is 0 Å². The fraction of sp³-hybridized carbons (Fsp3) is 0.938. The molecule has 18 heavy (non-hydrogen) atoms. The first-order chi connectivity index (χ1) is 8.72. The van der Waals surface area contributed by atoms with Crippen molar-refractivity contribution in [3.63, 3.8) is 0 Å². The van der Waals surface area contributed by atoms with Gasteiger partial charge in [0.15, 0.2) is 5.12 Å². The quantitative estimate of drug-likeness (QED) is 0.332. The van der Waals surface area contributed by atoms with Crippen molar-refractivity contribution < 1.29 is 4.79 Å². The van der Waals surface area contributed by atoms with Crippen LogP contribution in [0.3, 0.4) is 0 Å². The predicted octanol–water partition coefficient (Wildman–Crippen LogP) is 5.78. The fourth-order valence-electron chi connectivity index (χ4n) is 2.38. The molecule has 2 heteroatoms. The summed E-state index contributed by atoms with van der Waals surface area (Å²) in [4.78, 5) is 11.4. The van der Waals surface area contributed by atoms with E-state index in [1.807, 2.05) is 0 Å². The minimum Gasteiger partial charge on any atom is -0.287 e. The molecule has 0 aliphatic carbocycles. The zero-order valence-electron chi connectivity index (χ0n) is 12.4. The van der Waals surface area contributed by atoms with Gasteiger partial charge in [0.2, 0.25) is 0 Å². The summed E-state index contributed by atoms with van der Waals surface area (Å²) in [5.41, 5.74) is 0. The van der Waals surface area contributed by atoms with Crippen LogP contribution in [0.25, 0.3) is 0 Å². The summed E-state index contributed by atoms with van der Waals surface area (Å²) in [6, 6.07) is 0. The smallest absolute Gasteiger partial charge is 0.188 e. The van der Waals surface area contributed by atoms with E-state index < -0.39 is 0 Å². The van der Waals surface area contributed by atoms with Crippen LogP contribution < -0.4 is 0 Å².